The van der Waals surface area contributed by atoms with Crippen LogP contribution in [0.4, 0.5) is 0 Å². The molecule has 0 aliphatic heterocycles. The first-order valence-electron chi connectivity index (χ1n) is 10.2. The average Bonchev–Trinajstić information content (AvgIpc) is 2.82. The second kappa shape index (κ2) is 11.6. The second-order valence-corrected chi connectivity index (χ2v) is 7.28. The van der Waals surface area contributed by atoms with Crippen LogP contribution in [0.3, 0.4) is 0 Å². The lowest BCUT2D eigenvalue weighted by atomic mass is 9.76. The summed E-state index contributed by atoms with van der Waals surface area (Å²) in [6.07, 6.45) is 7.33. The van der Waals surface area contributed by atoms with Crippen molar-refractivity contribution in [2.75, 3.05) is 0 Å². The lowest BCUT2D eigenvalue weighted by molar-refractivity contribution is -0.121. The Hall–Kier alpha value is -3.80. The van der Waals surface area contributed by atoms with E-state index in [4.69, 9.17) is 0 Å². The molecule has 160 valence electrons. The lowest BCUT2D eigenvalue weighted by Crippen LogP contribution is -2.47. The number of aromatic nitrogens is 2. The summed E-state index contributed by atoms with van der Waals surface area (Å²) in [5.74, 6) is -1.05. The Bertz CT molecular complexity index is 1100. The van der Waals surface area contributed by atoms with Crippen molar-refractivity contribution in [1.82, 2.24) is 15.3 Å². The second-order valence-electron chi connectivity index (χ2n) is 7.28. The summed E-state index contributed by atoms with van der Waals surface area (Å²) in [5.41, 5.74) is 3.54. The van der Waals surface area contributed by atoms with Gasteiger partial charge in [-0.25, -0.2) is 0 Å². The number of nitrogens with one attached hydrogen (secondary N) is 1. The fraction of sp³-hybridized carbons (Fsp3) is 0.167. The Labute approximate surface area is 187 Å². The molecule has 1 atom stereocenters. The average molecular weight is 426 g/mol. The number of amides is 1. The van der Waals surface area contributed by atoms with Gasteiger partial charge in [-0.2, -0.15) is 5.26 Å². The summed E-state index contributed by atoms with van der Waals surface area (Å²) in [5, 5.41) is 31.4. The van der Waals surface area contributed by atoms with Gasteiger partial charge in [0.05, 0.1) is 23.4 Å². The maximum atomic E-state index is 12.4. The van der Waals surface area contributed by atoms with Crippen LogP contribution in [0.5, 0.6) is 0 Å². The van der Waals surface area contributed by atoms with E-state index in [9.17, 15) is 20.1 Å². The quantitative estimate of drug-likeness (QED) is 0.357. The van der Waals surface area contributed by atoms with Gasteiger partial charge in [-0.15, -0.1) is 0 Å². The lowest BCUT2D eigenvalue weighted by Gasteiger charge is -2.18. The first-order valence-corrected chi connectivity index (χ1v) is 10.2. The fourth-order valence-electron chi connectivity index (χ4n) is 3.24. The Morgan fingerprint density at radius 2 is 1.91 bits per heavy atom. The molecule has 1 aromatic heterocycles. The van der Waals surface area contributed by atoms with Gasteiger partial charge in [0.1, 0.15) is 6.07 Å². The highest BCUT2D eigenvalue weighted by Gasteiger charge is 2.25. The molecule has 3 rings (SSSR count). The number of rotatable bonds is 9. The molecule has 0 unspecified atom stereocenters. The number of nitrogens with zero attached hydrogens (tertiary/aromatic N) is 3. The van der Waals surface area contributed by atoms with E-state index in [-0.39, 0.29) is 12.3 Å². The van der Waals surface area contributed by atoms with Gasteiger partial charge in [-0.1, -0.05) is 54.6 Å². The third-order valence-corrected chi connectivity index (χ3v) is 4.87. The molecule has 2 aromatic carbocycles. The van der Waals surface area contributed by atoms with Crippen LogP contribution in [0.2, 0.25) is 0 Å². The van der Waals surface area contributed by atoms with Crippen molar-refractivity contribution in [3.63, 3.8) is 0 Å². The normalized spacial score (nSPS) is 12.0. The van der Waals surface area contributed by atoms with Crippen LogP contribution in [0.25, 0.3) is 11.6 Å². The maximum absolute atomic E-state index is 12.4. The SMILES string of the molecule is N#CC(=Cc1cccc(CCC(=O)N[C@@H](Cc2ccccc2)B(O)O)c1)c1cnccn1. The number of carbonyl (C=O) groups is 1. The van der Waals surface area contributed by atoms with Crippen molar-refractivity contribution < 1.29 is 14.8 Å². The van der Waals surface area contributed by atoms with E-state index >= 15 is 0 Å². The molecular weight excluding hydrogens is 403 g/mol. The molecule has 0 spiro atoms. The number of allylic oxidation sites excluding steroid dienone is 1. The molecule has 0 saturated heterocycles. The number of carbonyl (C=O) groups excluding carboxylic acids is 1. The number of aryl methyl sites for hydroxylation is 1. The zero-order valence-corrected chi connectivity index (χ0v) is 17.4. The minimum Gasteiger partial charge on any atom is -0.426 e. The zero-order valence-electron chi connectivity index (χ0n) is 17.4. The molecule has 0 bridgehead atoms. The van der Waals surface area contributed by atoms with Crippen LogP contribution in [-0.2, 0) is 17.6 Å². The number of benzene rings is 2. The number of nitriles is 1. The molecule has 0 aliphatic rings. The highest BCUT2D eigenvalue weighted by atomic mass is 16.4. The molecular formula is C24H23BN4O3. The molecule has 1 heterocycles. The van der Waals surface area contributed by atoms with Crippen molar-refractivity contribution in [3.8, 4) is 6.07 Å². The Balaban J connectivity index is 1.61. The van der Waals surface area contributed by atoms with Crippen LogP contribution in [0.1, 0.15) is 28.8 Å². The highest BCUT2D eigenvalue weighted by molar-refractivity contribution is 6.43. The summed E-state index contributed by atoms with van der Waals surface area (Å²) in [6.45, 7) is 0. The molecule has 3 N–H and O–H groups in total. The molecule has 3 aromatic rings. The molecule has 0 fully saturated rings. The Morgan fingerprint density at radius 3 is 2.59 bits per heavy atom. The van der Waals surface area contributed by atoms with Crippen LogP contribution < -0.4 is 5.32 Å². The van der Waals surface area contributed by atoms with Crippen molar-refractivity contribution in [2.24, 2.45) is 0 Å². The van der Waals surface area contributed by atoms with Gasteiger partial charge in [0.25, 0.3) is 0 Å². The van der Waals surface area contributed by atoms with E-state index in [0.29, 0.717) is 24.1 Å². The van der Waals surface area contributed by atoms with E-state index in [1.807, 2.05) is 54.6 Å². The van der Waals surface area contributed by atoms with E-state index < -0.39 is 13.1 Å². The van der Waals surface area contributed by atoms with Crippen LogP contribution in [-0.4, -0.2) is 39.0 Å². The predicted octanol–water partition coefficient (Wildman–Crippen LogP) is 2.21. The summed E-state index contributed by atoms with van der Waals surface area (Å²) < 4.78 is 0. The Morgan fingerprint density at radius 1 is 1.12 bits per heavy atom. The Kier molecular flexibility index (Phi) is 8.26. The minimum atomic E-state index is -1.65. The van der Waals surface area contributed by atoms with Crippen molar-refractivity contribution in [2.45, 2.75) is 25.2 Å². The van der Waals surface area contributed by atoms with Gasteiger partial charge in [-0.3, -0.25) is 14.8 Å². The molecule has 32 heavy (non-hydrogen) atoms. The smallest absolute Gasteiger partial charge is 0.426 e. The van der Waals surface area contributed by atoms with Gasteiger partial charge in [0, 0.05) is 18.8 Å². The van der Waals surface area contributed by atoms with Gasteiger partial charge >= 0.3 is 7.12 Å². The molecule has 0 aliphatic carbocycles. The minimum absolute atomic E-state index is 0.195. The van der Waals surface area contributed by atoms with E-state index in [1.165, 1.54) is 12.4 Å². The zero-order chi connectivity index (χ0) is 22.8. The highest BCUT2D eigenvalue weighted by Crippen LogP contribution is 2.16. The van der Waals surface area contributed by atoms with Crippen LogP contribution in [0, 0.1) is 11.3 Å². The number of hydrogen-bond donors (Lipinski definition) is 3. The largest absolute Gasteiger partial charge is 0.475 e. The first kappa shape index (κ1) is 22.9. The number of hydrogen-bond acceptors (Lipinski definition) is 6. The van der Waals surface area contributed by atoms with Crippen LogP contribution >= 0.6 is 0 Å². The van der Waals surface area contributed by atoms with Crippen molar-refractivity contribution in [1.29, 1.82) is 5.26 Å². The van der Waals surface area contributed by atoms with Crippen LogP contribution in [0.15, 0.2) is 73.2 Å². The van der Waals surface area contributed by atoms with Gasteiger partial charge in [-0.05, 0) is 35.6 Å². The molecule has 1 amide bonds. The van der Waals surface area contributed by atoms with Gasteiger partial charge in [0.15, 0.2) is 0 Å². The topological polar surface area (TPSA) is 119 Å². The standard InChI is InChI=1S/C24H23BN4O3/c26-16-21(22-17-27-11-12-28-22)14-20-8-4-7-19(13-20)9-10-24(30)29-23(25(31)32)15-18-5-2-1-3-6-18/h1-8,11-14,17,23,31-32H,9-10,15H2,(H,29,30)/t23-/m0/s1. The summed E-state index contributed by atoms with van der Waals surface area (Å²) in [7, 11) is -1.65. The van der Waals surface area contributed by atoms with Gasteiger partial charge < -0.3 is 15.4 Å². The summed E-state index contributed by atoms with van der Waals surface area (Å²) >= 11 is 0. The molecule has 8 heteroatoms. The monoisotopic (exact) mass is 426 g/mol. The maximum Gasteiger partial charge on any atom is 0.475 e. The third-order valence-electron chi connectivity index (χ3n) is 4.87. The van der Waals surface area contributed by atoms with Gasteiger partial charge in [0.2, 0.25) is 5.91 Å². The fourth-order valence-corrected chi connectivity index (χ4v) is 3.24. The summed E-state index contributed by atoms with van der Waals surface area (Å²) in [6, 6.07) is 19.0. The van der Waals surface area contributed by atoms with E-state index in [0.717, 1.165) is 16.7 Å². The van der Waals surface area contributed by atoms with Crippen molar-refractivity contribution in [3.05, 3.63) is 95.6 Å². The first-order chi connectivity index (χ1) is 15.5. The van der Waals surface area contributed by atoms with E-state index in [1.54, 1.807) is 12.3 Å². The summed E-state index contributed by atoms with van der Waals surface area (Å²) in [4.78, 5) is 20.6. The van der Waals surface area contributed by atoms with E-state index in [2.05, 4.69) is 21.4 Å². The molecule has 7 nitrogen and oxygen atoms in total. The van der Waals surface area contributed by atoms with Crippen molar-refractivity contribution >= 4 is 24.7 Å². The predicted molar refractivity (Wildman–Crippen MR) is 123 cm³/mol. The third kappa shape index (κ3) is 6.88. The molecule has 0 radical (unpaired) electrons. The molecule has 0 saturated carbocycles.